The second kappa shape index (κ2) is 6.71. The van der Waals surface area contributed by atoms with E-state index in [4.69, 9.17) is 4.42 Å². The lowest BCUT2D eigenvalue weighted by molar-refractivity contribution is -0.141. The lowest BCUT2D eigenvalue weighted by Gasteiger charge is -2.54. The maximum absolute atomic E-state index is 12.9. The van der Waals surface area contributed by atoms with Crippen LogP contribution in [0.2, 0.25) is 0 Å². The van der Waals surface area contributed by atoms with Crippen molar-refractivity contribution in [3.63, 3.8) is 0 Å². The SMILES string of the molecule is CCC1CCCC1C(=O)N1CCC2(CC1)CN(C(=O)c1coc(C)n1)C2. The minimum Gasteiger partial charge on any atom is -0.448 e. The highest BCUT2D eigenvalue weighted by Crippen LogP contribution is 2.42. The standard InChI is InChI=1S/C20H29N3O3/c1-3-15-5-4-6-16(15)18(24)22-9-7-20(8-10-22)12-23(13-20)19(25)17-11-26-14(2)21-17/h11,15-16H,3-10,12-13H2,1-2H3. The van der Waals surface area contributed by atoms with Gasteiger partial charge in [0.1, 0.15) is 6.26 Å². The van der Waals surface area contributed by atoms with Crippen LogP contribution >= 0.6 is 0 Å². The lowest BCUT2D eigenvalue weighted by Crippen LogP contribution is -2.62. The molecular weight excluding hydrogens is 330 g/mol. The van der Waals surface area contributed by atoms with Gasteiger partial charge in [0.05, 0.1) is 0 Å². The summed E-state index contributed by atoms with van der Waals surface area (Å²) >= 11 is 0. The monoisotopic (exact) mass is 359 g/mol. The summed E-state index contributed by atoms with van der Waals surface area (Å²) in [5, 5.41) is 0. The average molecular weight is 359 g/mol. The van der Waals surface area contributed by atoms with E-state index in [1.54, 1.807) is 6.92 Å². The van der Waals surface area contributed by atoms with E-state index >= 15 is 0 Å². The number of hydrogen-bond acceptors (Lipinski definition) is 4. The van der Waals surface area contributed by atoms with Gasteiger partial charge in [-0.05, 0) is 31.6 Å². The van der Waals surface area contributed by atoms with Crippen molar-refractivity contribution in [2.75, 3.05) is 26.2 Å². The van der Waals surface area contributed by atoms with Crippen molar-refractivity contribution in [1.29, 1.82) is 0 Å². The van der Waals surface area contributed by atoms with Gasteiger partial charge in [-0.25, -0.2) is 4.98 Å². The van der Waals surface area contributed by atoms with Gasteiger partial charge in [0, 0.05) is 44.4 Å². The van der Waals surface area contributed by atoms with Gasteiger partial charge in [-0.1, -0.05) is 19.8 Å². The molecule has 2 unspecified atom stereocenters. The van der Waals surface area contributed by atoms with Gasteiger partial charge in [0.2, 0.25) is 5.91 Å². The fraction of sp³-hybridized carbons (Fsp3) is 0.750. The molecule has 0 N–H and O–H groups in total. The van der Waals surface area contributed by atoms with Crippen LogP contribution in [0.4, 0.5) is 0 Å². The van der Waals surface area contributed by atoms with Crippen LogP contribution in [0.15, 0.2) is 10.7 Å². The summed E-state index contributed by atoms with van der Waals surface area (Å²) in [4.78, 5) is 33.4. The summed E-state index contributed by atoms with van der Waals surface area (Å²) in [5.74, 6) is 1.70. The van der Waals surface area contributed by atoms with Crippen LogP contribution < -0.4 is 0 Å². The molecule has 1 aromatic heterocycles. The highest BCUT2D eigenvalue weighted by Gasteiger charge is 2.48. The largest absolute Gasteiger partial charge is 0.448 e. The van der Waals surface area contributed by atoms with E-state index in [0.29, 0.717) is 23.4 Å². The molecule has 1 aliphatic carbocycles. The van der Waals surface area contributed by atoms with E-state index in [1.165, 1.54) is 19.1 Å². The molecule has 2 saturated heterocycles. The Hall–Kier alpha value is -1.85. The minimum absolute atomic E-state index is 0.0391. The Morgan fingerprint density at radius 2 is 1.96 bits per heavy atom. The molecule has 0 bridgehead atoms. The quantitative estimate of drug-likeness (QED) is 0.832. The van der Waals surface area contributed by atoms with Gasteiger partial charge in [0.15, 0.2) is 11.6 Å². The summed E-state index contributed by atoms with van der Waals surface area (Å²) in [7, 11) is 0. The normalized spacial score (nSPS) is 27.6. The van der Waals surface area contributed by atoms with Crippen LogP contribution in [0.1, 0.15) is 61.8 Å². The van der Waals surface area contributed by atoms with Crippen molar-refractivity contribution in [1.82, 2.24) is 14.8 Å². The van der Waals surface area contributed by atoms with Gasteiger partial charge >= 0.3 is 0 Å². The molecule has 2 atom stereocenters. The second-order valence-corrected chi connectivity index (χ2v) is 8.44. The molecule has 6 heteroatoms. The molecule has 1 spiro atoms. The smallest absolute Gasteiger partial charge is 0.275 e. The Morgan fingerprint density at radius 3 is 2.58 bits per heavy atom. The number of carbonyl (C=O) groups excluding carboxylic acids is 2. The highest BCUT2D eigenvalue weighted by molar-refractivity contribution is 5.92. The predicted molar refractivity (Wildman–Crippen MR) is 96.5 cm³/mol. The van der Waals surface area contributed by atoms with Gasteiger partial charge in [-0.3, -0.25) is 9.59 Å². The van der Waals surface area contributed by atoms with Gasteiger partial charge in [-0.15, -0.1) is 0 Å². The molecule has 2 aliphatic heterocycles. The number of oxazole rings is 1. The number of hydrogen-bond donors (Lipinski definition) is 0. The Morgan fingerprint density at radius 1 is 1.23 bits per heavy atom. The van der Waals surface area contributed by atoms with Crippen LogP contribution in [0.5, 0.6) is 0 Å². The number of carbonyl (C=O) groups is 2. The summed E-state index contributed by atoms with van der Waals surface area (Å²) in [6.45, 7) is 7.20. The predicted octanol–water partition coefficient (Wildman–Crippen LogP) is 2.87. The van der Waals surface area contributed by atoms with Crippen LogP contribution in [0.25, 0.3) is 0 Å². The average Bonchev–Trinajstić information content (AvgIpc) is 3.27. The Bertz CT molecular complexity index is 682. The number of aryl methyl sites for hydroxylation is 1. The van der Waals surface area contributed by atoms with Crippen molar-refractivity contribution in [3.8, 4) is 0 Å². The minimum atomic E-state index is -0.0391. The van der Waals surface area contributed by atoms with Gasteiger partial charge in [-0.2, -0.15) is 0 Å². The third-order valence-corrected chi connectivity index (χ3v) is 6.81. The fourth-order valence-corrected chi connectivity index (χ4v) is 5.13. The molecule has 3 heterocycles. The molecular formula is C20H29N3O3. The number of aromatic nitrogens is 1. The molecule has 6 nitrogen and oxygen atoms in total. The van der Waals surface area contributed by atoms with E-state index in [2.05, 4.69) is 16.8 Å². The number of likely N-dealkylation sites (tertiary alicyclic amines) is 2. The van der Waals surface area contributed by atoms with Crippen molar-refractivity contribution < 1.29 is 14.0 Å². The Labute approximate surface area is 154 Å². The van der Waals surface area contributed by atoms with Crippen LogP contribution in [0, 0.1) is 24.2 Å². The van der Waals surface area contributed by atoms with Crippen LogP contribution in [-0.2, 0) is 4.79 Å². The number of amides is 2. The Balaban J connectivity index is 1.29. The van der Waals surface area contributed by atoms with Crippen molar-refractivity contribution >= 4 is 11.8 Å². The summed E-state index contributed by atoms with van der Waals surface area (Å²) < 4.78 is 5.15. The molecule has 2 amide bonds. The summed E-state index contributed by atoms with van der Waals surface area (Å²) in [6.07, 6.45) is 8.04. The van der Waals surface area contributed by atoms with Crippen molar-refractivity contribution in [3.05, 3.63) is 17.8 Å². The molecule has 4 rings (SSSR count). The van der Waals surface area contributed by atoms with E-state index in [9.17, 15) is 9.59 Å². The zero-order valence-corrected chi connectivity index (χ0v) is 15.9. The van der Waals surface area contributed by atoms with E-state index in [1.807, 2.05) is 4.90 Å². The van der Waals surface area contributed by atoms with Gasteiger partial charge in [0.25, 0.3) is 5.91 Å². The zero-order chi connectivity index (χ0) is 18.3. The number of piperidine rings is 1. The molecule has 1 saturated carbocycles. The van der Waals surface area contributed by atoms with Gasteiger partial charge < -0.3 is 14.2 Å². The topological polar surface area (TPSA) is 66.7 Å². The molecule has 142 valence electrons. The lowest BCUT2D eigenvalue weighted by atomic mass is 9.71. The van der Waals surface area contributed by atoms with E-state index < -0.39 is 0 Å². The van der Waals surface area contributed by atoms with E-state index in [-0.39, 0.29) is 17.2 Å². The Kier molecular flexibility index (Phi) is 4.53. The zero-order valence-electron chi connectivity index (χ0n) is 15.9. The number of nitrogens with zero attached hydrogens (tertiary/aromatic N) is 3. The third-order valence-electron chi connectivity index (χ3n) is 6.81. The first kappa shape index (κ1) is 17.6. The van der Waals surface area contributed by atoms with E-state index in [0.717, 1.165) is 51.9 Å². The first-order valence-corrected chi connectivity index (χ1v) is 10.0. The molecule has 3 aliphatic rings. The molecule has 0 aromatic carbocycles. The highest BCUT2D eigenvalue weighted by atomic mass is 16.3. The first-order chi connectivity index (χ1) is 12.5. The van der Waals surface area contributed by atoms with Crippen LogP contribution in [-0.4, -0.2) is 52.8 Å². The molecule has 3 fully saturated rings. The first-order valence-electron chi connectivity index (χ1n) is 10.0. The van der Waals surface area contributed by atoms with Crippen LogP contribution in [0.3, 0.4) is 0 Å². The second-order valence-electron chi connectivity index (χ2n) is 8.44. The third kappa shape index (κ3) is 3.03. The maximum Gasteiger partial charge on any atom is 0.275 e. The summed E-state index contributed by atoms with van der Waals surface area (Å²) in [5.41, 5.74) is 0.599. The van der Waals surface area contributed by atoms with Crippen molar-refractivity contribution in [2.45, 2.75) is 52.4 Å². The summed E-state index contributed by atoms with van der Waals surface area (Å²) in [6, 6.07) is 0. The fourth-order valence-electron chi connectivity index (χ4n) is 5.13. The maximum atomic E-state index is 12.9. The molecule has 1 aromatic rings. The van der Waals surface area contributed by atoms with Crippen molar-refractivity contribution in [2.24, 2.45) is 17.3 Å². The molecule has 26 heavy (non-hydrogen) atoms. The molecule has 0 radical (unpaired) electrons. The number of rotatable bonds is 3.